The van der Waals surface area contributed by atoms with Crippen LogP contribution < -0.4 is 10.6 Å². The zero-order valence-electron chi connectivity index (χ0n) is 9.27. The van der Waals surface area contributed by atoms with Crippen LogP contribution in [0.25, 0.3) is 0 Å². The highest BCUT2D eigenvalue weighted by Gasteiger charge is 2.29. The van der Waals surface area contributed by atoms with Crippen LogP contribution in [0.1, 0.15) is 6.92 Å². The molecule has 0 spiro atoms. The highest BCUT2D eigenvalue weighted by atomic mass is 79.9. The van der Waals surface area contributed by atoms with Gasteiger partial charge in [0.2, 0.25) is 0 Å². The van der Waals surface area contributed by atoms with Crippen LogP contribution in [0.2, 0.25) is 0 Å². The van der Waals surface area contributed by atoms with Crippen molar-refractivity contribution in [2.75, 3.05) is 18.5 Å². The van der Waals surface area contributed by atoms with E-state index >= 15 is 0 Å². The van der Waals surface area contributed by atoms with Gasteiger partial charge in [0.1, 0.15) is 5.54 Å². The molecule has 1 aromatic rings. The number of halogens is 1. The molecular weight excluding hydrogens is 272 g/mol. The first-order chi connectivity index (χ1) is 7.33. The molecule has 0 saturated carbocycles. The molecule has 1 unspecified atom stereocenters. The number of carboxylic acids is 1. The molecule has 0 bridgehead atoms. The molecule has 4 nitrogen and oxygen atoms in total. The van der Waals surface area contributed by atoms with E-state index < -0.39 is 11.5 Å². The number of hydrogen-bond acceptors (Lipinski definition) is 3. The van der Waals surface area contributed by atoms with Crippen LogP contribution in [-0.4, -0.2) is 30.2 Å². The van der Waals surface area contributed by atoms with Crippen LogP contribution >= 0.6 is 15.9 Å². The molecule has 0 amide bonds. The third-order valence-electron chi connectivity index (χ3n) is 2.32. The molecule has 5 heteroatoms. The SMILES string of the molecule is CN(CC(C)(N)C(=O)O)c1ccc(Br)cc1. The number of anilines is 1. The average molecular weight is 287 g/mol. The van der Waals surface area contributed by atoms with Crippen molar-refractivity contribution < 1.29 is 9.90 Å². The Morgan fingerprint density at radius 1 is 1.50 bits per heavy atom. The molecular formula is C11H15BrN2O2. The summed E-state index contributed by atoms with van der Waals surface area (Å²) in [7, 11) is 1.82. The fraction of sp³-hybridized carbons (Fsp3) is 0.364. The Morgan fingerprint density at radius 2 is 2.00 bits per heavy atom. The monoisotopic (exact) mass is 286 g/mol. The number of benzene rings is 1. The molecule has 0 aromatic heterocycles. The van der Waals surface area contributed by atoms with E-state index in [1.165, 1.54) is 6.92 Å². The molecule has 3 N–H and O–H groups in total. The molecule has 1 atom stereocenters. The fourth-order valence-corrected chi connectivity index (χ4v) is 1.61. The maximum atomic E-state index is 10.9. The predicted octanol–water partition coefficient (Wildman–Crippen LogP) is 1.69. The number of hydrogen-bond donors (Lipinski definition) is 2. The van der Waals surface area contributed by atoms with Crippen molar-refractivity contribution in [3.8, 4) is 0 Å². The van der Waals surface area contributed by atoms with Crippen LogP contribution in [0, 0.1) is 0 Å². The number of carboxylic acid groups (broad SMARTS) is 1. The first kappa shape index (κ1) is 13.0. The van der Waals surface area contributed by atoms with Gasteiger partial charge in [-0.3, -0.25) is 4.79 Å². The molecule has 1 rings (SSSR count). The van der Waals surface area contributed by atoms with E-state index in [2.05, 4.69) is 15.9 Å². The number of nitrogens with two attached hydrogens (primary N) is 1. The molecule has 88 valence electrons. The standard InChI is InChI=1S/C11H15BrN2O2/c1-11(13,10(15)16)7-14(2)9-5-3-8(12)4-6-9/h3-6H,7,13H2,1-2H3,(H,15,16). The number of aliphatic carboxylic acids is 1. The van der Waals surface area contributed by atoms with Crippen molar-refractivity contribution in [1.29, 1.82) is 0 Å². The van der Waals surface area contributed by atoms with Crippen LogP contribution in [0.4, 0.5) is 5.69 Å². The van der Waals surface area contributed by atoms with Crippen LogP contribution in [-0.2, 0) is 4.79 Å². The first-order valence-corrected chi connectivity index (χ1v) is 5.61. The lowest BCUT2D eigenvalue weighted by molar-refractivity contribution is -0.142. The number of carbonyl (C=O) groups is 1. The zero-order chi connectivity index (χ0) is 12.3. The summed E-state index contributed by atoms with van der Waals surface area (Å²) in [5.41, 5.74) is 5.36. The molecule has 0 aliphatic heterocycles. The van der Waals surface area contributed by atoms with Crippen molar-refractivity contribution in [2.24, 2.45) is 5.73 Å². The summed E-state index contributed by atoms with van der Waals surface area (Å²) < 4.78 is 0.985. The van der Waals surface area contributed by atoms with Gasteiger partial charge >= 0.3 is 5.97 Å². The normalized spacial score (nSPS) is 14.2. The van der Waals surface area contributed by atoms with Crippen molar-refractivity contribution in [2.45, 2.75) is 12.5 Å². The lowest BCUT2D eigenvalue weighted by Gasteiger charge is -2.28. The highest BCUT2D eigenvalue weighted by Crippen LogP contribution is 2.18. The predicted molar refractivity (Wildman–Crippen MR) is 67.6 cm³/mol. The first-order valence-electron chi connectivity index (χ1n) is 4.82. The van der Waals surface area contributed by atoms with Gasteiger partial charge in [-0.25, -0.2) is 0 Å². The number of nitrogens with zero attached hydrogens (tertiary/aromatic N) is 1. The van der Waals surface area contributed by atoms with E-state index in [1.54, 1.807) is 0 Å². The second-order valence-electron chi connectivity index (χ2n) is 4.06. The molecule has 1 aromatic carbocycles. The smallest absolute Gasteiger partial charge is 0.325 e. The summed E-state index contributed by atoms with van der Waals surface area (Å²) in [4.78, 5) is 12.7. The van der Waals surface area contributed by atoms with Crippen LogP contribution in [0.5, 0.6) is 0 Å². The van der Waals surface area contributed by atoms with Gasteiger partial charge in [0, 0.05) is 23.8 Å². The van der Waals surface area contributed by atoms with E-state index in [4.69, 9.17) is 10.8 Å². The third kappa shape index (κ3) is 3.21. The van der Waals surface area contributed by atoms with Crippen molar-refractivity contribution in [3.05, 3.63) is 28.7 Å². The Bertz CT molecular complexity index is 376. The van der Waals surface area contributed by atoms with E-state index in [9.17, 15) is 4.79 Å². The van der Waals surface area contributed by atoms with Gasteiger partial charge in [0.25, 0.3) is 0 Å². The van der Waals surface area contributed by atoms with Gasteiger partial charge in [-0.1, -0.05) is 15.9 Å². The molecule has 0 aliphatic carbocycles. The van der Waals surface area contributed by atoms with Crippen LogP contribution in [0.15, 0.2) is 28.7 Å². The Hall–Kier alpha value is -1.07. The zero-order valence-corrected chi connectivity index (χ0v) is 10.9. The Morgan fingerprint density at radius 3 is 2.44 bits per heavy atom. The highest BCUT2D eigenvalue weighted by molar-refractivity contribution is 9.10. The Kier molecular flexibility index (Phi) is 3.93. The van der Waals surface area contributed by atoms with Gasteiger partial charge in [-0.15, -0.1) is 0 Å². The van der Waals surface area contributed by atoms with Gasteiger partial charge in [0.05, 0.1) is 0 Å². The summed E-state index contributed by atoms with van der Waals surface area (Å²) in [6.07, 6.45) is 0. The van der Waals surface area contributed by atoms with Crippen molar-refractivity contribution >= 4 is 27.6 Å². The second-order valence-corrected chi connectivity index (χ2v) is 4.97. The summed E-state index contributed by atoms with van der Waals surface area (Å²) >= 11 is 3.34. The molecule has 0 radical (unpaired) electrons. The summed E-state index contributed by atoms with van der Waals surface area (Å²) in [5, 5.41) is 8.92. The van der Waals surface area contributed by atoms with E-state index in [0.29, 0.717) is 0 Å². The summed E-state index contributed by atoms with van der Waals surface area (Å²) in [6.45, 7) is 1.76. The summed E-state index contributed by atoms with van der Waals surface area (Å²) in [5.74, 6) is -1.00. The van der Waals surface area contributed by atoms with E-state index in [0.717, 1.165) is 10.2 Å². The topological polar surface area (TPSA) is 66.6 Å². The van der Waals surface area contributed by atoms with E-state index in [-0.39, 0.29) is 6.54 Å². The second kappa shape index (κ2) is 4.84. The lowest BCUT2D eigenvalue weighted by atomic mass is 10.0. The minimum atomic E-state index is -1.25. The summed E-state index contributed by atoms with van der Waals surface area (Å²) in [6, 6.07) is 7.62. The number of rotatable bonds is 4. The molecule has 0 heterocycles. The maximum absolute atomic E-state index is 10.9. The minimum absolute atomic E-state index is 0.254. The lowest BCUT2D eigenvalue weighted by Crippen LogP contribution is -2.53. The average Bonchev–Trinajstić information content (AvgIpc) is 2.17. The van der Waals surface area contributed by atoms with Crippen molar-refractivity contribution in [1.82, 2.24) is 0 Å². The van der Waals surface area contributed by atoms with Gasteiger partial charge in [0.15, 0.2) is 0 Å². The molecule has 0 fully saturated rings. The fourth-order valence-electron chi connectivity index (χ4n) is 1.35. The third-order valence-corrected chi connectivity index (χ3v) is 2.85. The molecule has 0 aliphatic rings. The minimum Gasteiger partial charge on any atom is -0.480 e. The molecule has 16 heavy (non-hydrogen) atoms. The molecule has 0 saturated heterocycles. The van der Waals surface area contributed by atoms with Gasteiger partial charge < -0.3 is 15.7 Å². The largest absolute Gasteiger partial charge is 0.480 e. The van der Waals surface area contributed by atoms with Gasteiger partial charge in [-0.05, 0) is 31.2 Å². The van der Waals surface area contributed by atoms with Gasteiger partial charge in [-0.2, -0.15) is 0 Å². The quantitative estimate of drug-likeness (QED) is 0.884. The van der Waals surface area contributed by atoms with Crippen LogP contribution in [0.3, 0.4) is 0 Å². The Labute approximate surface area is 103 Å². The maximum Gasteiger partial charge on any atom is 0.325 e. The van der Waals surface area contributed by atoms with E-state index in [1.807, 2.05) is 36.2 Å². The number of likely N-dealkylation sites (N-methyl/N-ethyl adjacent to an activating group) is 1. The Balaban J connectivity index is 2.76. The van der Waals surface area contributed by atoms with Crippen molar-refractivity contribution in [3.63, 3.8) is 0 Å².